The van der Waals surface area contributed by atoms with Crippen molar-refractivity contribution in [3.05, 3.63) is 51.6 Å². The Labute approximate surface area is 203 Å². The van der Waals surface area contributed by atoms with Crippen molar-refractivity contribution < 1.29 is 22.7 Å². The van der Waals surface area contributed by atoms with Gasteiger partial charge >= 0.3 is 5.97 Å². The first-order valence-corrected chi connectivity index (χ1v) is 12.6. The summed E-state index contributed by atoms with van der Waals surface area (Å²) in [6.07, 6.45) is 2.34. The van der Waals surface area contributed by atoms with E-state index in [-0.39, 0.29) is 33.1 Å². The van der Waals surface area contributed by atoms with Crippen LogP contribution in [0.4, 0.5) is 5.82 Å². The van der Waals surface area contributed by atoms with Gasteiger partial charge < -0.3 is 10.1 Å². The number of aromatic nitrogens is 1. The Hall–Kier alpha value is -2.20. The van der Waals surface area contributed by atoms with E-state index in [0.29, 0.717) is 23.7 Å². The van der Waals surface area contributed by atoms with Crippen molar-refractivity contribution in [3.8, 4) is 0 Å². The fourth-order valence-electron chi connectivity index (χ4n) is 3.74. The molecule has 1 aliphatic rings. The van der Waals surface area contributed by atoms with Gasteiger partial charge in [0.15, 0.2) is 12.4 Å². The van der Waals surface area contributed by atoms with Gasteiger partial charge in [-0.3, -0.25) is 4.79 Å². The number of halogens is 2. The summed E-state index contributed by atoms with van der Waals surface area (Å²) in [5.41, 5.74) is 0.685. The van der Waals surface area contributed by atoms with Crippen molar-refractivity contribution in [2.24, 2.45) is 11.8 Å². The summed E-state index contributed by atoms with van der Waals surface area (Å²) in [5.74, 6) is -0.722. The van der Waals surface area contributed by atoms with E-state index in [1.54, 1.807) is 6.92 Å². The molecule has 33 heavy (non-hydrogen) atoms. The summed E-state index contributed by atoms with van der Waals surface area (Å²) in [6, 6.07) is 5.47. The van der Waals surface area contributed by atoms with Gasteiger partial charge in [-0.2, -0.15) is 4.31 Å². The highest BCUT2D eigenvalue weighted by atomic mass is 35.5. The number of amides is 1. The maximum absolute atomic E-state index is 13.0. The zero-order valence-corrected chi connectivity index (χ0v) is 20.8. The first kappa shape index (κ1) is 25.4. The summed E-state index contributed by atoms with van der Waals surface area (Å²) in [4.78, 5) is 28.5. The minimum atomic E-state index is -3.65. The van der Waals surface area contributed by atoms with Crippen LogP contribution < -0.4 is 5.32 Å². The van der Waals surface area contributed by atoms with Gasteiger partial charge in [0.05, 0.1) is 20.5 Å². The zero-order chi connectivity index (χ0) is 24.3. The second-order valence-corrected chi connectivity index (χ2v) is 11.0. The van der Waals surface area contributed by atoms with E-state index >= 15 is 0 Å². The molecule has 0 radical (unpaired) electrons. The molecule has 2 heterocycles. The predicted octanol–water partition coefficient (Wildman–Crippen LogP) is 4.16. The maximum atomic E-state index is 13.0. The van der Waals surface area contributed by atoms with Crippen molar-refractivity contribution >= 4 is 50.9 Å². The molecule has 8 nitrogen and oxygen atoms in total. The second kappa shape index (κ2) is 10.4. The van der Waals surface area contributed by atoms with Crippen LogP contribution in [0.15, 0.2) is 35.4 Å². The molecule has 0 bridgehead atoms. The number of carbonyl (C=O) groups is 2. The summed E-state index contributed by atoms with van der Waals surface area (Å²) in [7, 11) is -3.65. The van der Waals surface area contributed by atoms with Crippen molar-refractivity contribution in [1.82, 2.24) is 9.29 Å². The Bertz CT molecular complexity index is 1150. The molecule has 1 saturated heterocycles. The van der Waals surface area contributed by atoms with Crippen LogP contribution in [0.5, 0.6) is 0 Å². The molecule has 1 N–H and O–H groups in total. The van der Waals surface area contributed by atoms with E-state index in [4.69, 9.17) is 27.9 Å². The van der Waals surface area contributed by atoms with Gasteiger partial charge in [0.1, 0.15) is 0 Å². The van der Waals surface area contributed by atoms with Gasteiger partial charge in [-0.1, -0.05) is 37.0 Å². The van der Waals surface area contributed by atoms with E-state index in [1.807, 2.05) is 13.8 Å². The topological polar surface area (TPSA) is 106 Å². The summed E-state index contributed by atoms with van der Waals surface area (Å²) in [5, 5.41) is 3.01. The lowest BCUT2D eigenvalue weighted by molar-refractivity contribution is -0.119. The summed E-state index contributed by atoms with van der Waals surface area (Å²) in [6.45, 7) is 6.12. The first-order valence-electron chi connectivity index (χ1n) is 10.4. The molecule has 0 unspecified atom stereocenters. The number of ether oxygens (including phenoxy) is 1. The van der Waals surface area contributed by atoms with Gasteiger partial charge in [-0.05, 0) is 55.0 Å². The number of piperidine rings is 1. The van der Waals surface area contributed by atoms with Crippen LogP contribution in [-0.4, -0.2) is 49.3 Å². The first-order chi connectivity index (χ1) is 15.5. The van der Waals surface area contributed by atoms with Crippen LogP contribution in [0.3, 0.4) is 0 Å². The minimum absolute atomic E-state index is 0.107. The fraction of sp³-hybridized carbons (Fsp3) is 0.409. The van der Waals surface area contributed by atoms with Crippen molar-refractivity contribution in [3.63, 3.8) is 0 Å². The van der Waals surface area contributed by atoms with Gasteiger partial charge in [0.2, 0.25) is 10.0 Å². The van der Waals surface area contributed by atoms with Gasteiger partial charge in [-0.15, -0.1) is 0 Å². The number of nitrogens with zero attached hydrogens (tertiary/aromatic N) is 2. The number of sulfonamides is 1. The smallest absolute Gasteiger partial charge is 0.338 e. The Kier molecular flexibility index (Phi) is 8.00. The molecule has 3 rings (SSSR count). The molecule has 1 fully saturated rings. The molecular weight excluding hydrogens is 489 g/mol. The lowest BCUT2D eigenvalue weighted by Gasteiger charge is -2.34. The summed E-state index contributed by atoms with van der Waals surface area (Å²) < 4.78 is 32.4. The lowest BCUT2D eigenvalue weighted by atomic mass is 9.94. The molecule has 0 aliphatic carbocycles. The lowest BCUT2D eigenvalue weighted by Crippen LogP contribution is -2.42. The number of carbonyl (C=O) groups excluding carboxylic acids is 2. The average Bonchev–Trinajstić information content (AvgIpc) is 2.77. The number of pyridine rings is 1. The molecule has 11 heteroatoms. The molecule has 1 aromatic carbocycles. The Morgan fingerprint density at radius 3 is 2.36 bits per heavy atom. The SMILES string of the molecule is Cc1c(Cl)cnc(NC(=O)COC(=O)c2ccc(S(=O)(=O)N3C[C@H](C)C[C@H](C)C3)cc2)c1Cl. The standard InChI is InChI=1S/C22H25Cl2N3O5S/c1-13-8-14(2)11-27(10-13)33(30,31)17-6-4-16(5-7-17)22(29)32-12-19(28)26-21-20(24)15(3)18(23)9-25-21/h4-7,9,13-14H,8,10-12H2,1-3H3,(H,25,26,28)/t13-,14+. The molecule has 1 aliphatic heterocycles. The number of hydrogen-bond donors (Lipinski definition) is 1. The van der Waals surface area contributed by atoms with Crippen LogP contribution in [-0.2, 0) is 19.6 Å². The van der Waals surface area contributed by atoms with Crippen molar-refractivity contribution in [2.45, 2.75) is 32.1 Å². The normalized spacial score (nSPS) is 19.2. The van der Waals surface area contributed by atoms with E-state index in [0.717, 1.165) is 6.42 Å². The molecule has 0 spiro atoms. The molecule has 178 valence electrons. The van der Waals surface area contributed by atoms with Gasteiger partial charge in [0, 0.05) is 19.3 Å². The van der Waals surface area contributed by atoms with E-state index in [9.17, 15) is 18.0 Å². The molecular formula is C22H25Cl2N3O5S. The maximum Gasteiger partial charge on any atom is 0.338 e. The highest BCUT2D eigenvalue weighted by Gasteiger charge is 2.31. The van der Waals surface area contributed by atoms with Crippen molar-refractivity contribution in [2.75, 3.05) is 25.0 Å². The van der Waals surface area contributed by atoms with Crippen LogP contribution in [0.25, 0.3) is 0 Å². The van der Waals surface area contributed by atoms with Crippen LogP contribution in [0.2, 0.25) is 10.0 Å². The predicted molar refractivity (Wildman–Crippen MR) is 126 cm³/mol. The van der Waals surface area contributed by atoms with Crippen LogP contribution >= 0.6 is 23.2 Å². The minimum Gasteiger partial charge on any atom is -0.452 e. The number of anilines is 1. The highest BCUT2D eigenvalue weighted by molar-refractivity contribution is 7.89. The Morgan fingerprint density at radius 2 is 1.76 bits per heavy atom. The quantitative estimate of drug-likeness (QED) is 0.581. The number of esters is 1. The van der Waals surface area contributed by atoms with Crippen LogP contribution in [0.1, 0.15) is 36.2 Å². The van der Waals surface area contributed by atoms with E-state index < -0.39 is 28.5 Å². The van der Waals surface area contributed by atoms with Crippen molar-refractivity contribution in [1.29, 1.82) is 0 Å². The Morgan fingerprint density at radius 1 is 1.15 bits per heavy atom. The molecule has 1 amide bonds. The third-order valence-electron chi connectivity index (χ3n) is 5.36. The van der Waals surface area contributed by atoms with Crippen LogP contribution in [0, 0.1) is 18.8 Å². The number of rotatable bonds is 6. The molecule has 2 aromatic rings. The second-order valence-electron chi connectivity index (χ2n) is 8.31. The van der Waals surface area contributed by atoms with E-state index in [1.165, 1.54) is 34.8 Å². The zero-order valence-electron chi connectivity index (χ0n) is 18.5. The Balaban J connectivity index is 1.60. The third-order valence-corrected chi connectivity index (χ3v) is 8.05. The molecule has 0 saturated carbocycles. The van der Waals surface area contributed by atoms with E-state index in [2.05, 4.69) is 10.3 Å². The summed E-state index contributed by atoms with van der Waals surface area (Å²) >= 11 is 12.0. The van der Waals surface area contributed by atoms with Gasteiger partial charge in [0.25, 0.3) is 5.91 Å². The number of hydrogen-bond acceptors (Lipinski definition) is 6. The fourth-order valence-corrected chi connectivity index (χ4v) is 5.81. The molecule has 1 aromatic heterocycles. The molecule has 2 atom stereocenters. The largest absolute Gasteiger partial charge is 0.452 e. The third kappa shape index (κ3) is 6.03. The van der Waals surface area contributed by atoms with Gasteiger partial charge in [-0.25, -0.2) is 18.2 Å². The highest BCUT2D eigenvalue weighted by Crippen LogP contribution is 2.29. The average molecular weight is 514 g/mol. The number of nitrogens with one attached hydrogen (secondary N) is 1. The monoisotopic (exact) mass is 513 g/mol. The number of benzene rings is 1.